The van der Waals surface area contributed by atoms with Gasteiger partial charge >= 0.3 is 0 Å². The van der Waals surface area contributed by atoms with Crippen molar-refractivity contribution in [2.45, 2.75) is 38.0 Å². The van der Waals surface area contributed by atoms with Gasteiger partial charge in [0.1, 0.15) is 12.4 Å². The van der Waals surface area contributed by atoms with Crippen molar-refractivity contribution in [2.75, 3.05) is 26.9 Å². The number of carbonyl (C=O) groups excluding carboxylic acids is 1. The lowest BCUT2D eigenvalue weighted by molar-refractivity contribution is -0.125. The van der Waals surface area contributed by atoms with Gasteiger partial charge in [0.25, 0.3) is 0 Å². The molecule has 0 heterocycles. The summed E-state index contributed by atoms with van der Waals surface area (Å²) < 4.78 is 10.4. The molecule has 21 heavy (non-hydrogen) atoms. The normalized spacial score (nSPS) is 16.7. The Labute approximate surface area is 126 Å². The van der Waals surface area contributed by atoms with Crippen LogP contribution in [0.2, 0.25) is 0 Å². The van der Waals surface area contributed by atoms with E-state index < -0.39 is 0 Å². The van der Waals surface area contributed by atoms with Crippen LogP contribution in [-0.4, -0.2) is 32.8 Å². The van der Waals surface area contributed by atoms with E-state index in [0.29, 0.717) is 13.2 Å². The molecule has 1 amide bonds. The van der Waals surface area contributed by atoms with Gasteiger partial charge in [-0.3, -0.25) is 4.79 Å². The van der Waals surface area contributed by atoms with Gasteiger partial charge in [0.2, 0.25) is 5.91 Å². The first kappa shape index (κ1) is 15.8. The Bertz CT molecular complexity index is 450. The third-order valence-corrected chi connectivity index (χ3v) is 4.32. The number of amides is 1. The molecule has 0 aliphatic heterocycles. The molecule has 1 fully saturated rings. The van der Waals surface area contributed by atoms with E-state index in [9.17, 15) is 4.79 Å². The summed E-state index contributed by atoms with van der Waals surface area (Å²) in [6, 6.07) is 8.24. The van der Waals surface area contributed by atoms with E-state index in [2.05, 4.69) is 17.4 Å². The van der Waals surface area contributed by atoms with Crippen LogP contribution in [0.25, 0.3) is 0 Å². The summed E-state index contributed by atoms with van der Waals surface area (Å²) in [6.07, 6.45) is 4.67. The number of benzene rings is 1. The number of hydrogen-bond donors (Lipinski definition) is 1. The molecule has 4 heteroatoms. The van der Waals surface area contributed by atoms with Crippen molar-refractivity contribution in [2.24, 2.45) is 0 Å². The zero-order valence-electron chi connectivity index (χ0n) is 13.0. The molecule has 0 aromatic heterocycles. The molecule has 0 radical (unpaired) electrons. The Morgan fingerprint density at radius 2 is 1.90 bits per heavy atom. The van der Waals surface area contributed by atoms with Crippen molar-refractivity contribution in [3.05, 3.63) is 29.8 Å². The molecule has 0 saturated heterocycles. The molecule has 0 spiro atoms. The van der Waals surface area contributed by atoms with Crippen molar-refractivity contribution < 1.29 is 14.3 Å². The average molecular weight is 291 g/mol. The van der Waals surface area contributed by atoms with E-state index in [1.807, 2.05) is 19.1 Å². The standard InChI is InChI=1S/C17H25NO3/c1-3-21-12-16(19)18-13-17(10-4-5-11-17)14-6-8-15(20-2)9-7-14/h6-9H,3-5,10-13H2,1-2H3,(H,18,19). The summed E-state index contributed by atoms with van der Waals surface area (Å²) >= 11 is 0. The fourth-order valence-corrected chi connectivity index (χ4v) is 3.08. The average Bonchev–Trinajstić information content (AvgIpc) is 3.01. The summed E-state index contributed by atoms with van der Waals surface area (Å²) in [5.41, 5.74) is 1.35. The first-order valence-electron chi connectivity index (χ1n) is 7.69. The third-order valence-electron chi connectivity index (χ3n) is 4.32. The summed E-state index contributed by atoms with van der Waals surface area (Å²) in [5.74, 6) is 0.837. The third kappa shape index (κ3) is 3.97. The molecule has 1 aromatic carbocycles. The topological polar surface area (TPSA) is 47.6 Å². The lowest BCUT2D eigenvalue weighted by Gasteiger charge is -2.30. The van der Waals surface area contributed by atoms with Gasteiger partial charge in [0, 0.05) is 18.6 Å². The number of rotatable bonds is 7. The van der Waals surface area contributed by atoms with E-state index in [0.717, 1.165) is 18.6 Å². The molecule has 1 N–H and O–H groups in total. The quantitative estimate of drug-likeness (QED) is 0.840. The van der Waals surface area contributed by atoms with E-state index in [1.165, 1.54) is 18.4 Å². The number of nitrogens with one attached hydrogen (secondary N) is 1. The summed E-state index contributed by atoms with van der Waals surface area (Å²) in [4.78, 5) is 11.8. The maximum Gasteiger partial charge on any atom is 0.246 e. The number of hydrogen-bond acceptors (Lipinski definition) is 3. The van der Waals surface area contributed by atoms with E-state index in [1.54, 1.807) is 7.11 Å². The monoisotopic (exact) mass is 291 g/mol. The molecular weight excluding hydrogens is 266 g/mol. The van der Waals surface area contributed by atoms with E-state index >= 15 is 0 Å². The van der Waals surface area contributed by atoms with Gasteiger partial charge < -0.3 is 14.8 Å². The van der Waals surface area contributed by atoms with E-state index in [4.69, 9.17) is 9.47 Å². The summed E-state index contributed by atoms with van der Waals surface area (Å²) in [7, 11) is 1.67. The van der Waals surface area contributed by atoms with Gasteiger partial charge in [-0.05, 0) is 37.5 Å². The highest BCUT2D eigenvalue weighted by molar-refractivity contribution is 5.77. The maximum atomic E-state index is 11.8. The Balaban J connectivity index is 2.03. The Hall–Kier alpha value is -1.55. The Kier molecular flexibility index (Phi) is 5.62. The first-order chi connectivity index (χ1) is 10.2. The lowest BCUT2D eigenvalue weighted by Crippen LogP contribution is -2.40. The molecule has 0 bridgehead atoms. The van der Waals surface area contributed by atoms with Crippen molar-refractivity contribution >= 4 is 5.91 Å². The largest absolute Gasteiger partial charge is 0.497 e. The zero-order chi connectivity index (χ0) is 15.1. The van der Waals surface area contributed by atoms with Crippen LogP contribution in [0.15, 0.2) is 24.3 Å². The minimum atomic E-state index is -0.0309. The van der Waals surface area contributed by atoms with Crippen LogP contribution in [0, 0.1) is 0 Å². The number of carbonyl (C=O) groups is 1. The molecule has 4 nitrogen and oxygen atoms in total. The second-order valence-corrected chi connectivity index (χ2v) is 5.63. The SMILES string of the molecule is CCOCC(=O)NCC1(c2ccc(OC)cc2)CCCC1. The highest BCUT2D eigenvalue weighted by Crippen LogP contribution is 2.41. The van der Waals surface area contributed by atoms with Crippen molar-refractivity contribution in [3.8, 4) is 5.75 Å². The van der Waals surface area contributed by atoms with Gasteiger partial charge in [0.05, 0.1) is 7.11 Å². The predicted octanol–water partition coefficient (Wildman–Crippen LogP) is 2.66. The second-order valence-electron chi connectivity index (χ2n) is 5.63. The van der Waals surface area contributed by atoms with Crippen LogP contribution in [0.4, 0.5) is 0 Å². The van der Waals surface area contributed by atoms with Crippen LogP contribution in [-0.2, 0) is 14.9 Å². The van der Waals surface area contributed by atoms with Gasteiger partial charge in [-0.15, -0.1) is 0 Å². The van der Waals surface area contributed by atoms with Gasteiger partial charge in [-0.2, -0.15) is 0 Å². The highest BCUT2D eigenvalue weighted by atomic mass is 16.5. The Morgan fingerprint density at radius 1 is 1.24 bits per heavy atom. The van der Waals surface area contributed by atoms with Crippen molar-refractivity contribution in [3.63, 3.8) is 0 Å². The molecule has 1 aliphatic carbocycles. The number of ether oxygens (including phenoxy) is 2. The minimum absolute atomic E-state index is 0.0309. The van der Waals surface area contributed by atoms with Crippen LogP contribution < -0.4 is 10.1 Å². The van der Waals surface area contributed by atoms with Crippen LogP contribution >= 0.6 is 0 Å². The summed E-state index contributed by atoms with van der Waals surface area (Å²) in [5, 5.41) is 3.03. The van der Waals surface area contributed by atoms with Crippen molar-refractivity contribution in [1.29, 1.82) is 0 Å². The molecule has 1 aromatic rings. The Morgan fingerprint density at radius 3 is 2.48 bits per heavy atom. The summed E-state index contributed by atoms with van der Waals surface area (Å²) in [6.45, 7) is 3.29. The van der Waals surface area contributed by atoms with Gasteiger partial charge in [-0.1, -0.05) is 25.0 Å². The molecule has 1 saturated carbocycles. The van der Waals surface area contributed by atoms with Gasteiger partial charge in [-0.25, -0.2) is 0 Å². The van der Waals surface area contributed by atoms with Crippen molar-refractivity contribution in [1.82, 2.24) is 5.32 Å². The van der Waals surface area contributed by atoms with Crippen LogP contribution in [0.1, 0.15) is 38.2 Å². The lowest BCUT2D eigenvalue weighted by atomic mass is 9.79. The molecular formula is C17H25NO3. The molecule has 1 aliphatic rings. The highest BCUT2D eigenvalue weighted by Gasteiger charge is 2.35. The molecule has 0 unspecified atom stereocenters. The molecule has 116 valence electrons. The smallest absolute Gasteiger partial charge is 0.246 e. The first-order valence-corrected chi connectivity index (χ1v) is 7.69. The second kappa shape index (κ2) is 7.46. The molecule has 0 atom stereocenters. The van der Waals surface area contributed by atoms with Crippen LogP contribution in [0.5, 0.6) is 5.75 Å². The fraction of sp³-hybridized carbons (Fsp3) is 0.588. The minimum Gasteiger partial charge on any atom is -0.497 e. The maximum absolute atomic E-state index is 11.8. The zero-order valence-corrected chi connectivity index (χ0v) is 13.0. The predicted molar refractivity (Wildman–Crippen MR) is 82.6 cm³/mol. The van der Waals surface area contributed by atoms with Gasteiger partial charge in [0.15, 0.2) is 0 Å². The molecule has 2 rings (SSSR count). The van der Waals surface area contributed by atoms with E-state index in [-0.39, 0.29) is 17.9 Å². The van der Waals surface area contributed by atoms with Crippen LogP contribution in [0.3, 0.4) is 0 Å². The number of methoxy groups -OCH3 is 1. The fourth-order valence-electron chi connectivity index (χ4n) is 3.08.